The second-order valence-corrected chi connectivity index (χ2v) is 11.3. The predicted octanol–water partition coefficient (Wildman–Crippen LogP) is 4.70. The lowest BCUT2D eigenvalue weighted by Gasteiger charge is -2.29. The van der Waals surface area contributed by atoms with Crippen LogP contribution in [0.15, 0.2) is 48.5 Å². The number of amides is 1. The normalized spacial score (nSPS) is 15.6. The molecule has 32 heavy (non-hydrogen) atoms. The van der Waals surface area contributed by atoms with Crippen molar-refractivity contribution in [2.75, 3.05) is 24.7 Å². The topological polar surface area (TPSA) is 79.4 Å². The van der Waals surface area contributed by atoms with E-state index in [0.717, 1.165) is 21.7 Å². The zero-order valence-corrected chi connectivity index (χ0v) is 20.1. The van der Waals surface area contributed by atoms with E-state index in [0.29, 0.717) is 31.1 Å². The van der Waals surface area contributed by atoms with Gasteiger partial charge >= 0.3 is 0 Å². The standard InChI is InChI=1S/C24H27N3O3S2/c1-16-4-8-18(9-5-16)21-22(19-10-6-17(2)7-11-19)31-24(25-21)26-23(28)20-12-14-27(15-13-20)32(3,29)30/h4-11,20H,12-15H2,1-3H3,(H,25,26,28). The average molecular weight is 470 g/mol. The third kappa shape index (κ3) is 5.09. The lowest BCUT2D eigenvalue weighted by Crippen LogP contribution is -2.40. The van der Waals surface area contributed by atoms with Crippen LogP contribution in [0.2, 0.25) is 0 Å². The minimum absolute atomic E-state index is 0.0992. The number of nitrogens with zero attached hydrogens (tertiary/aromatic N) is 2. The van der Waals surface area contributed by atoms with Crippen LogP contribution in [0.4, 0.5) is 5.13 Å². The summed E-state index contributed by atoms with van der Waals surface area (Å²) >= 11 is 1.47. The molecule has 1 aliphatic rings. The number of thiazole rings is 1. The highest BCUT2D eigenvalue weighted by Crippen LogP contribution is 2.39. The Balaban J connectivity index is 1.58. The van der Waals surface area contributed by atoms with Gasteiger partial charge in [0, 0.05) is 24.6 Å². The van der Waals surface area contributed by atoms with Crippen LogP contribution in [0.3, 0.4) is 0 Å². The fourth-order valence-electron chi connectivity index (χ4n) is 3.84. The molecule has 6 nitrogen and oxygen atoms in total. The van der Waals surface area contributed by atoms with Gasteiger partial charge in [-0.05, 0) is 32.3 Å². The molecule has 2 heterocycles. The highest BCUT2D eigenvalue weighted by Gasteiger charge is 2.29. The Morgan fingerprint density at radius 1 is 0.969 bits per heavy atom. The Labute approximate surface area is 193 Å². The number of anilines is 1. The van der Waals surface area contributed by atoms with Crippen molar-refractivity contribution in [3.63, 3.8) is 0 Å². The Hall–Kier alpha value is -2.55. The molecule has 3 aromatic rings. The van der Waals surface area contributed by atoms with Gasteiger partial charge in [0.1, 0.15) is 0 Å². The van der Waals surface area contributed by atoms with Gasteiger partial charge in [0.15, 0.2) is 5.13 Å². The van der Waals surface area contributed by atoms with E-state index in [1.54, 1.807) is 0 Å². The van der Waals surface area contributed by atoms with Crippen LogP contribution in [-0.2, 0) is 14.8 Å². The molecule has 2 aromatic carbocycles. The first kappa shape index (κ1) is 22.6. The van der Waals surface area contributed by atoms with Crippen molar-refractivity contribution in [3.8, 4) is 21.7 Å². The summed E-state index contributed by atoms with van der Waals surface area (Å²) in [7, 11) is -3.21. The Morgan fingerprint density at radius 3 is 2.03 bits per heavy atom. The van der Waals surface area contributed by atoms with E-state index in [-0.39, 0.29) is 11.8 Å². The maximum atomic E-state index is 12.9. The van der Waals surface area contributed by atoms with Crippen molar-refractivity contribution in [1.29, 1.82) is 0 Å². The first-order valence-electron chi connectivity index (χ1n) is 10.6. The Bertz CT molecular complexity index is 1150. The van der Waals surface area contributed by atoms with E-state index in [1.165, 1.54) is 33.0 Å². The summed E-state index contributed by atoms with van der Waals surface area (Å²) in [4.78, 5) is 18.7. The zero-order chi connectivity index (χ0) is 22.9. The number of carbonyl (C=O) groups is 1. The summed E-state index contributed by atoms with van der Waals surface area (Å²) in [5.41, 5.74) is 5.27. The molecule has 0 atom stereocenters. The van der Waals surface area contributed by atoms with Crippen LogP contribution in [0.1, 0.15) is 24.0 Å². The molecule has 1 aromatic heterocycles. The summed E-state index contributed by atoms with van der Waals surface area (Å²) in [6, 6.07) is 16.5. The molecule has 0 spiro atoms. The molecule has 0 radical (unpaired) electrons. The second kappa shape index (κ2) is 9.13. The molecule has 4 rings (SSSR count). The lowest BCUT2D eigenvalue weighted by atomic mass is 9.97. The molecular weight excluding hydrogens is 442 g/mol. The fourth-order valence-corrected chi connectivity index (χ4v) is 5.71. The number of piperidine rings is 1. The summed E-state index contributed by atoms with van der Waals surface area (Å²) in [6.07, 6.45) is 2.24. The van der Waals surface area contributed by atoms with E-state index in [9.17, 15) is 13.2 Å². The van der Waals surface area contributed by atoms with Gasteiger partial charge in [0.05, 0.1) is 16.8 Å². The number of rotatable bonds is 5. The monoisotopic (exact) mass is 469 g/mol. The molecule has 8 heteroatoms. The summed E-state index contributed by atoms with van der Waals surface area (Å²) < 4.78 is 24.9. The van der Waals surface area contributed by atoms with E-state index in [1.807, 2.05) is 6.92 Å². The third-order valence-corrected chi connectivity index (χ3v) is 8.11. The van der Waals surface area contributed by atoms with Gasteiger partial charge in [0.25, 0.3) is 0 Å². The minimum Gasteiger partial charge on any atom is -0.302 e. The van der Waals surface area contributed by atoms with Crippen LogP contribution >= 0.6 is 11.3 Å². The number of nitrogens with one attached hydrogen (secondary N) is 1. The molecule has 1 aliphatic heterocycles. The second-order valence-electron chi connectivity index (χ2n) is 8.35. The lowest BCUT2D eigenvalue weighted by molar-refractivity contribution is -0.120. The van der Waals surface area contributed by atoms with Crippen LogP contribution in [-0.4, -0.2) is 43.0 Å². The van der Waals surface area contributed by atoms with Crippen molar-refractivity contribution in [1.82, 2.24) is 9.29 Å². The van der Waals surface area contributed by atoms with Crippen LogP contribution in [0.25, 0.3) is 21.7 Å². The molecule has 0 saturated carbocycles. The van der Waals surface area contributed by atoms with Gasteiger partial charge in [-0.15, -0.1) is 0 Å². The number of hydrogen-bond acceptors (Lipinski definition) is 5. The number of sulfonamides is 1. The summed E-state index contributed by atoms with van der Waals surface area (Å²) in [5, 5.41) is 3.55. The summed E-state index contributed by atoms with van der Waals surface area (Å²) in [5.74, 6) is -0.319. The molecule has 1 saturated heterocycles. The van der Waals surface area contributed by atoms with Crippen LogP contribution in [0, 0.1) is 19.8 Å². The van der Waals surface area contributed by atoms with Gasteiger partial charge in [-0.3, -0.25) is 4.79 Å². The molecule has 0 aliphatic carbocycles. The largest absolute Gasteiger partial charge is 0.302 e. The number of aryl methyl sites for hydroxylation is 2. The van der Waals surface area contributed by atoms with Crippen molar-refractivity contribution in [2.45, 2.75) is 26.7 Å². The van der Waals surface area contributed by atoms with Gasteiger partial charge < -0.3 is 5.32 Å². The third-order valence-electron chi connectivity index (χ3n) is 5.79. The van der Waals surface area contributed by atoms with Crippen LogP contribution in [0.5, 0.6) is 0 Å². The predicted molar refractivity (Wildman–Crippen MR) is 130 cm³/mol. The number of aromatic nitrogens is 1. The Kier molecular flexibility index (Phi) is 6.46. The van der Waals surface area contributed by atoms with Crippen molar-refractivity contribution >= 4 is 32.4 Å². The maximum absolute atomic E-state index is 12.9. The van der Waals surface area contributed by atoms with E-state index < -0.39 is 10.0 Å². The van der Waals surface area contributed by atoms with Crippen molar-refractivity contribution < 1.29 is 13.2 Å². The number of carbonyl (C=O) groups excluding carboxylic acids is 1. The SMILES string of the molecule is Cc1ccc(-c2nc(NC(=O)C3CCN(S(C)(=O)=O)CC3)sc2-c2ccc(C)cc2)cc1. The average Bonchev–Trinajstić information content (AvgIpc) is 3.18. The Morgan fingerprint density at radius 2 is 1.50 bits per heavy atom. The number of hydrogen-bond donors (Lipinski definition) is 1. The minimum atomic E-state index is -3.21. The number of benzene rings is 2. The highest BCUT2D eigenvalue weighted by molar-refractivity contribution is 7.88. The van der Waals surface area contributed by atoms with E-state index in [4.69, 9.17) is 4.98 Å². The molecule has 168 valence electrons. The zero-order valence-electron chi connectivity index (χ0n) is 18.5. The molecule has 1 N–H and O–H groups in total. The highest BCUT2D eigenvalue weighted by atomic mass is 32.2. The van der Waals surface area contributed by atoms with Crippen LogP contribution < -0.4 is 5.32 Å². The van der Waals surface area contributed by atoms with Crippen molar-refractivity contribution in [2.24, 2.45) is 5.92 Å². The molecule has 1 amide bonds. The molecule has 1 fully saturated rings. The van der Waals surface area contributed by atoms with Gasteiger partial charge in [0.2, 0.25) is 15.9 Å². The smallest absolute Gasteiger partial charge is 0.229 e. The van der Waals surface area contributed by atoms with Gasteiger partial charge in [-0.1, -0.05) is 71.0 Å². The maximum Gasteiger partial charge on any atom is 0.229 e. The fraction of sp³-hybridized carbons (Fsp3) is 0.333. The van der Waals surface area contributed by atoms with E-state index in [2.05, 4.69) is 60.8 Å². The summed E-state index contributed by atoms with van der Waals surface area (Å²) in [6.45, 7) is 4.85. The van der Waals surface area contributed by atoms with E-state index >= 15 is 0 Å². The van der Waals surface area contributed by atoms with Gasteiger partial charge in [-0.25, -0.2) is 17.7 Å². The van der Waals surface area contributed by atoms with Crippen molar-refractivity contribution in [3.05, 3.63) is 59.7 Å². The molecular formula is C24H27N3O3S2. The molecule has 0 bridgehead atoms. The first-order chi connectivity index (χ1) is 15.2. The quantitative estimate of drug-likeness (QED) is 0.587. The van der Waals surface area contributed by atoms with Gasteiger partial charge in [-0.2, -0.15) is 0 Å². The molecule has 0 unspecified atom stereocenters. The first-order valence-corrected chi connectivity index (χ1v) is 13.3.